The Kier molecular flexibility index (Phi) is 4.96. The molecule has 3 rings (SSSR count). The first-order valence-corrected chi connectivity index (χ1v) is 9.48. The second kappa shape index (κ2) is 7.03. The van der Waals surface area contributed by atoms with Gasteiger partial charge in [-0.2, -0.15) is 0 Å². The molecule has 0 bridgehead atoms. The Hall–Kier alpha value is -2.47. The van der Waals surface area contributed by atoms with E-state index in [1.165, 1.54) is 16.9 Å². The molecule has 0 unspecified atom stereocenters. The summed E-state index contributed by atoms with van der Waals surface area (Å²) in [5.74, 6) is 1.43. The van der Waals surface area contributed by atoms with Gasteiger partial charge in [0, 0.05) is 17.4 Å². The molecule has 0 saturated heterocycles. The van der Waals surface area contributed by atoms with E-state index in [4.69, 9.17) is 4.98 Å². The minimum atomic E-state index is -0.0657. The molecule has 136 valence electrons. The van der Waals surface area contributed by atoms with Crippen LogP contribution in [-0.2, 0) is 4.79 Å². The molecule has 2 aromatic heterocycles. The van der Waals surface area contributed by atoms with Crippen LogP contribution in [-0.4, -0.2) is 20.4 Å². The number of benzene rings is 1. The number of thiazole rings is 1. The third kappa shape index (κ3) is 4.19. The van der Waals surface area contributed by atoms with Gasteiger partial charge >= 0.3 is 0 Å². The van der Waals surface area contributed by atoms with Crippen LogP contribution < -0.4 is 5.32 Å². The summed E-state index contributed by atoms with van der Waals surface area (Å²) in [6, 6.07) is 8.30. The molecule has 0 aliphatic carbocycles. The summed E-state index contributed by atoms with van der Waals surface area (Å²) in [6.45, 7) is 10.1. The number of aromatic nitrogens is 3. The van der Waals surface area contributed by atoms with Crippen molar-refractivity contribution in [2.45, 2.75) is 41.0 Å². The van der Waals surface area contributed by atoms with E-state index in [-0.39, 0.29) is 11.3 Å². The quantitative estimate of drug-likeness (QED) is 0.706. The van der Waals surface area contributed by atoms with E-state index >= 15 is 0 Å². The van der Waals surface area contributed by atoms with E-state index in [0.717, 1.165) is 22.2 Å². The number of rotatable bonds is 4. The molecule has 1 amide bonds. The number of nitrogens with zero attached hydrogens (tertiary/aromatic N) is 3. The number of carbonyl (C=O) groups excluding carboxylic acids is 1. The molecular formula is C20H24N4OS. The Morgan fingerprint density at radius 3 is 2.54 bits per heavy atom. The van der Waals surface area contributed by atoms with Crippen molar-refractivity contribution < 1.29 is 4.79 Å². The molecule has 5 nitrogen and oxygen atoms in total. The molecule has 0 aliphatic rings. The Labute approximate surface area is 158 Å². The molecule has 0 saturated carbocycles. The van der Waals surface area contributed by atoms with Crippen LogP contribution in [0.5, 0.6) is 0 Å². The summed E-state index contributed by atoms with van der Waals surface area (Å²) in [7, 11) is 0. The summed E-state index contributed by atoms with van der Waals surface area (Å²) in [6.07, 6.45) is 2.13. The average molecular weight is 369 g/mol. The highest BCUT2D eigenvalue weighted by atomic mass is 32.1. The number of nitrogens with one attached hydrogen (secondary N) is 1. The first-order valence-electron chi connectivity index (χ1n) is 8.60. The maximum absolute atomic E-state index is 12.3. The van der Waals surface area contributed by atoms with Crippen molar-refractivity contribution in [3.63, 3.8) is 0 Å². The number of anilines is 1. The minimum Gasteiger partial charge on any atom is -0.310 e. The molecule has 0 atom stereocenters. The number of hydrogen-bond acceptors (Lipinski definition) is 4. The maximum atomic E-state index is 12.3. The second-order valence-electron chi connectivity index (χ2n) is 7.69. The molecular weight excluding hydrogens is 344 g/mol. The predicted octanol–water partition coefficient (Wildman–Crippen LogP) is 4.99. The molecule has 0 fully saturated rings. The highest BCUT2D eigenvalue weighted by molar-refractivity contribution is 7.12. The molecule has 3 aromatic rings. The van der Waals surface area contributed by atoms with Crippen molar-refractivity contribution in [1.82, 2.24) is 14.5 Å². The lowest BCUT2D eigenvalue weighted by Gasteiger charge is -2.17. The Balaban J connectivity index is 1.87. The van der Waals surface area contributed by atoms with Gasteiger partial charge < -0.3 is 5.32 Å². The number of hydrogen-bond donors (Lipinski definition) is 1. The minimum absolute atomic E-state index is 0.0195. The highest BCUT2D eigenvalue weighted by Crippen LogP contribution is 2.28. The van der Waals surface area contributed by atoms with Gasteiger partial charge in [0.2, 0.25) is 5.91 Å². The Morgan fingerprint density at radius 1 is 1.19 bits per heavy atom. The van der Waals surface area contributed by atoms with E-state index in [0.29, 0.717) is 12.2 Å². The van der Waals surface area contributed by atoms with Crippen molar-refractivity contribution in [1.29, 1.82) is 0 Å². The lowest BCUT2D eigenvalue weighted by Crippen LogP contribution is -2.21. The molecule has 26 heavy (non-hydrogen) atoms. The van der Waals surface area contributed by atoms with Gasteiger partial charge in [-0.25, -0.2) is 9.97 Å². The van der Waals surface area contributed by atoms with Crippen molar-refractivity contribution in [3.8, 4) is 16.4 Å². The lowest BCUT2D eigenvalue weighted by atomic mass is 9.92. The van der Waals surface area contributed by atoms with Gasteiger partial charge in [0.05, 0.1) is 11.9 Å². The Morgan fingerprint density at radius 2 is 1.88 bits per heavy atom. The summed E-state index contributed by atoms with van der Waals surface area (Å²) < 4.78 is 1.89. The van der Waals surface area contributed by atoms with Crippen LogP contribution in [0.4, 0.5) is 5.82 Å². The average Bonchev–Trinajstić information content (AvgIpc) is 3.13. The molecule has 0 aliphatic heterocycles. The summed E-state index contributed by atoms with van der Waals surface area (Å²) in [4.78, 5) is 21.4. The van der Waals surface area contributed by atoms with Crippen LogP contribution in [0, 0.1) is 19.3 Å². The summed E-state index contributed by atoms with van der Waals surface area (Å²) >= 11 is 1.54. The fourth-order valence-electron chi connectivity index (χ4n) is 2.67. The van der Waals surface area contributed by atoms with Gasteiger partial charge in [0.1, 0.15) is 11.6 Å². The first-order chi connectivity index (χ1) is 12.2. The van der Waals surface area contributed by atoms with Crippen LogP contribution in [0.2, 0.25) is 0 Å². The third-order valence-corrected chi connectivity index (χ3v) is 4.75. The van der Waals surface area contributed by atoms with Crippen LogP contribution in [0.3, 0.4) is 0 Å². The van der Waals surface area contributed by atoms with Crippen LogP contribution >= 0.6 is 11.3 Å². The van der Waals surface area contributed by atoms with Crippen LogP contribution in [0.1, 0.15) is 38.6 Å². The standard InChI is InChI=1S/C20H24N4OS/c1-13-6-8-15(9-7-13)16-12-26-19(22-16)24-14(2)21-11-17(24)23-18(25)10-20(3,4)5/h6-9,11-12H,10H2,1-5H3,(H,23,25). The number of amides is 1. The molecule has 1 aromatic carbocycles. The summed E-state index contributed by atoms with van der Waals surface area (Å²) in [5.41, 5.74) is 3.15. The Bertz CT molecular complexity index is 916. The van der Waals surface area contributed by atoms with E-state index in [2.05, 4.69) is 41.5 Å². The second-order valence-corrected chi connectivity index (χ2v) is 8.53. The number of aryl methyl sites for hydroxylation is 2. The zero-order chi connectivity index (χ0) is 18.9. The summed E-state index contributed by atoms with van der Waals surface area (Å²) in [5, 5.41) is 5.79. The monoisotopic (exact) mass is 368 g/mol. The largest absolute Gasteiger partial charge is 0.310 e. The zero-order valence-corrected chi connectivity index (χ0v) is 16.6. The van der Waals surface area contributed by atoms with E-state index in [1.807, 2.05) is 37.6 Å². The zero-order valence-electron chi connectivity index (χ0n) is 15.8. The maximum Gasteiger partial charge on any atom is 0.226 e. The molecule has 6 heteroatoms. The van der Waals surface area contributed by atoms with Gasteiger partial charge in [-0.1, -0.05) is 50.6 Å². The lowest BCUT2D eigenvalue weighted by molar-refractivity contribution is -0.117. The van der Waals surface area contributed by atoms with Gasteiger partial charge in [0.15, 0.2) is 5.13 Å². The fraction of sp³-hybridized carbons (Fsp3) is 0.350. The topological polar surface area (TPSA) is 59.8 Å². The molecule has 0 radical (unpaired) electrons. The van der Waals surface area contributed by atoms with Gasteiger partial charge in [-0.3, -0.25) is 9.36 Å². The predicted molar refractivity (Wildman–Crippen MR) is 107 cm³/mol. The van der Waals surface area contributed by atoms with Crippen LogP contribution in [0.25, 0.3) is 16.4 Å². The highest BCUT2D eigenvalue weighted by Gasteiger charge is 2.19. The molecule has 2 heterocycles. The fourth-order valence-corrected chi connectivity index (χ4v) is 3.56. The first kappa shape index (κ1) is 18.3. The van der Waals surface area contributed by atoms with Crippen molar-refractivity contribution in [3.05, 3.63) is 47.2 Å². The van der Waals surface area contributed by atoms with Crippen molar-refractivity contribution in [2.75, 3.05) is 5.32 Å². The third-order valence-electron chi connectivity index (χ3n) is 3.93. The van der Waals surface area contributed by atoms with E-state index in [9.17, 15) is 4.79 Å². The van der Waals surface area contributed by atoms with Gasteiger partial charge in [0.25, 0.3) is 0 Å². The van der Waals surface area contributed by atoms with Gasteiger partial charge in [-0.05, 0) is 19.3 Å². The number of imidazole rings is 1. The van der Waals surface area contributed by atoms with Gasteiger partial charge in [-0.15, -0.1) is 11.3 Å². The smallest absolute Gasteiger partial charge is 0.226 e. The van der Waals surface area contributed by atoms with Crippen LogP contribution in [0.15, 0.2) is 35.8 Å². The van der Waals surface area contributed by atoms with E-state index < -0.39 is 0 Å². The van der Waals surface area contributed by atoms with E-state index in [1.54, 1.807) is 6.20 Å². The molecule has 0 spiro atoms. The van der Waals surface area contributed by atoms with Crippen molar-refractivity contribution in [2.24, 2.45) is 5.41 Å². The normalized spacial score (nSPS) is 11.6. The van der Waals surface area contributed by atoms with Crippen molar-refractivity contribution >= 4 is 23.1 Å². The molecule has 1 N–H and O–H groups in total. The SMILES string of the molecule is Cc1ccc(-c2csc(-n3c(NC(=O)CC(C)(C)C)cnc3C)n2)cc1. The number of carbonyl (C=O) groups is 1.